The van der Waals surface area contributed by atoms with Gasteiger partial charge < -0.3 is 14.8 Å². The molecule has 14 heavy (non-hydrogen) atoms. The number of aromatic nitrogens is 1. The van der Waals surface area contributed by atoms with Gasteiger partial charge in [0.2, 0.25) is 5.56 Å². The summed E-state index contributed by atoms with van der Waals surface area (Å²) in [7, 11) is 0. The van der Waals surface area contributed by atoms with Crippen molar-refractivity contribution < 1.29 is 23.0 Å². The molecule has 0 amide bonds. The van der Waals surface area contributed by atoms with E-state index in [2.05, 4.69) is 4.74 Å². The molecular weight excluding hydrogens is 203 g/mol. The van der Waals surface area contributed by atoms with E-state index < -0.39 is 24.3 Å². The highest BCUT2D eigenvalue weighted by molar-refractivity contribution is 5.26. The molecule has 1 rings (SSSR count). The molecule has 0 bridgehead atoms. The van der Waals surface area contributed by atoms with Crippen LogP contribution in [0.15, 0.2) is 16.9 Å². The Labute approximate surface area is 75.9 Å². The first-order valence-electron chi connectivity index (χ1n) is 3.51. The largest absolute Gasteiger partial charge is 0.573 e. The molecule has 0 unspecified atom stereocenters. The first-order valence-corrected chi connectivity index (χ1v) is 3.51. The fourth-order valence-electron chi connectivity index (χ4n) is 0.842. The van der Waals surface area contributed by atoms with Crippen LogP contribution in [0.25, 0.3) is 0 Å². The number of alkyl halides is 3. The van der Waals surface area contributed by atoms with Crippen LogP contribution in [0.4, 0.5) is 13.2 Å². The van der Waals surface area contributed by atoms with E-state index in [1.165, 1.54) is 0 Å². The SMILES string of the molecule is O=c1ccc(OC(F)(F)F)c(CO)[nH]1. The quantitative estimate of drug-likeness (QED) is 0.756. The van der Waals surface area contributed by atoms with E-state index in [1.807, 2.05) is 4.98 Å². The van der Waals surface area contributed by atoms with E-state index in [1.54, 1.807) is 0 Å². The van der Waals surface area contributed by atoms with Crippen LogP contribution in [0.5, 0.6) is 5.75 Å². The van der Waals surface area contributed by atoms with Crippen LogP contribution in [-0.4, -0.2) is 16.5 Å². The molecule has 7 heteroatoms. The number of ether oxygens (including phenoxy) is 1. The van der Waals surface area contributed by atoms with Gasteiger partial charge in [-0.15, -0.1) is 13.2 Å². The standard InChI is InChI=1S/C7H6F3NO3/c8-7(9,10)14-5-1-2-6(13)11-4(5)3-12/h1-2,12H,3H2,(H,11,13). The Balaban J connectivity index is 3.03. The van der Waals surface area contributed by atoms with E-state index in [4.69, 9.17) is 5.11 Å². The molecule has 0 radical (unpaired) electrons. The maximum Gasteiger partial charge on any atom is 0.573 e. The number of H-pyrrole nitrogens is 1. The first-order chi connectivity index (χ1) is 6.42. The lowest BCUT2D eigenvalue weighted by molar-refractivity contribution is -0.275. The second kappa shape index (κ2) is 3.70. The molecule has 0 aromatic carbocycles. The summed E-state index contributed by atoms with van der Waals surface area (Å²) in [4.78, 5) is 12.7. The van der Waals surface area contributed by atoms with E-state index in [0.29, 0.717) is 0 Å². The summed E-state index contributed by atoms with van der Waals surface area (Å²) in [6, 6.07) is 1.72. The minimum absolute atomic E-state index is 0.310. The van der Waals surface area contributed by atoms with Gasteiger partial charge in [0, 0.05) is 6.07 Å². The zero-order chi connectivity index (χ0) is 10.8. The van der Waals surface area contributed by atoms with Crippen LogP contribution in [-0.2, 0) is 6.61 Å². The highest BCUT2D eigenvalue weighted by Crippen LogP contribution is 2.23. The normalized spacial score (nSPS) is 11.4. The molecule has 0 fully saturated rings. The van der Waals surface area contributed by atoms with Crippen molar-refractivity contribution in [3.63, 3.8) is 0 Å². The monoisotopic (exact) mass is 209 g/mol. The van der Waals surface area contributed by atoms with Gasteiger partial charge in [0.15, 0.2) is 5.75 Å². The van der Waals surface area contributed by atoms with Crippen LogP contribution in [0.1, 0.15) is 5.69 Å². The number of rotatable bonds is 2. The Hall–Kier alpha value is -1.50. The Morgan fingerprint density at radius 1 is 1.43 bits per heavy atom. The second-order valence-electron chi connectivity index (χ2n) is 2.37. The molecule has 0 aliphatic heterocycles. The van der Waals surface area contributed by atoms with Crippen molar-refractivity contribution in [1.29, 1.82) is 0 Å². The highest BCUT2D eigenvalue weighted by atomic mass is 19.4. The molecular formula is C7H6F3NO3. The number of halogens is 3. The van der Waals surface area contributed by atoms with Crippen LogP contribution in [0, 0.1) is 0 Å². The van der Waals surface area contributed by atoms with Gasteiger partial charge in [0.05, 0.1) is 12.3 Å². The minimum atomic E-state index is -4.85. The van der Waals surface area contributed by atoms with Gasteiger partial charge in [-0.3, -0.25) is 4.79 Å². The van der Waals surface area contributed by atoms with E-state index in [9.17, 15) is 18.0 Å². The number of aliphatic hydroxyl groups is 1. The summed E-state index contributed by atoms with van der Waals surface area (Å²) in [5, 5.41) is 8.62. The third-order valence-electron chi connectivity index (χ3n) is 1.34. The van der Waals surface area contributed by atoms with E-state index in [-0.39, 0.29) is 5.69 Å². The van der Waals surface area contributed by atoms with Crippen molar-refractivity contribution in [2.45, 2.75) is 13.0 Å². The van der Waals surface area contributed by atoms with E-state index >= 15 is 0 Å². The molecule has 78 valence electrons. The van der Waals surface area contributed by atoms with Crippen molar-refractivity contribution in [3.05, 3.63) is 28.2 Å². The van der Waals surface area contributed by atoms with Gasteiger partial charge in [0.1, 0.15) is 0 Å². The van der Waals surface area contributed by atoms with Gasteiger partial charge in [-0.25, -0.2) is 0 Å². The molecule has 1 aromatic rings. The molecule has 0 saturated heterocycles. The van der Waals surface area contributed by atoms with Crippen molar-refractivity contribution in [3.8, 4) is 5.75 Å². The second-order valence-corrected chi connectivity index (χ2v) is 2.37. The van der Waals surface area contributed by atoms with Crippen molar-refractivity contribution >= 4 is 0 Å². The van der Waals surface area contributed by atoms with Gasteiger partial charge in [-0.05, 0) is 6.07 Å². The van der Waals surface area contributed by atoms with Crippen molar-refractivity contribution in [2.24, 2.45) is 0 Å². The van der Waals surface area contributed by atoms with Crippen LogP contribution in [0.2, 0.25) is 0 Å². The molecule has 1 aromatic heterocycles. The Morgan fingerprint density at radius 3 is 2.57 bits per heavy atom. The van der Waals surface area contributed by atoms with Crippen LogP contribution in [0.3, 0.4) is 0 Å². The third kappa shape index (κ3) is 2.77. The maximum absolute atomic E-state index is 11.8. The number of aromatic amines is 1. The lowest BCUT2D eigenvalue weighted by Gasteiger charge is -2.10. The zero-order valence-electron chi connectivity index (χ0n) is 6.76. The Bertz CT molecular complexity index is 371. The lowest BCUT2D eigenvalue weighted by atomic mass is 10.3. The third-order valence-corrected chi connectivity index (χ3v) is 1.34. The summed E-state index contributed by atoms with van der Waals surface area (Å²) < 4.78 is 38.8. The molecule has 4 nitrogen and oxygen atoms in total. The van der Waals surface area contributed by atoms with Gasteiger partial charge in [0.25, 0.3) is 0 Å². The van der Waals surface area contributed by atoms with Gasteiger partial charge >= 0.3 is 6.36 Å². The first kappa shape index (κ1) is 10.6. The van der Waals surface area contributed by atoms with Crippen molar-refractivity contribution in [1.82, 2.24) is 4.98 Å². The van der Waals surface area contributed by atoms with Crippen LogP contribution >= 0.6 is 0 Å². The number of pyridine rings is 1. The fourth-order valence-corrected chi connectivity index (χ4v) is 0.842. The van der Waals surface area contributed by atoms with E-state index in [0.717, 1.165) is 12.1 Å². The summed E-state index contributed by atoms with van der Waals surface area (Å²) in [5.41, 5.74) is -0.918. The number of aliphatic hydroxyl groups excluding tert-OH is 1. The number of hydrogen-bond donors (Lipinski definition) is 2. The predicted octanol–water partition coefficient (Wildman–Crippen LogP) is 0.766. The summed E-state index contributed by atoms with van der Waals surface area (Å²) in [6.45, 7) is -0.735. The molecule has 0 aliphatic rings. The molecule has 0 spiro atoms. The molecule has 1 heterocycles. The number of nitrogens with one attached hydrogen (secondary N) is 1. The van der Waals surface area contributed by atoms with Crippen LogP contribution < -0.4 is 10.3 Å². The molecule has 0 aliphatic carbocycles. The average Bonchev–Trinajstić information content (AvgIpc) is 2.06. The molecule has 2 N–H and O–H groups in total. The highest BCUT2D eigenvalue weighted by Gasteiger charge is 2.32. The topological polar surface area (TPSA) is 62.3 Å². The van der Waals surface area contributed by atoms with Crippen molar-refractivity contribution in [2.75, 3.05) is 0 Å². The number of hydrogen-bond acceptors (Lipinski definition) is 3. The summed E-state index contributed by atoms with van der Waals surface area (Å²) >= 11 is 0. The smallest absolute Gasteiger partial charge is 0.404 e. The minimum Gasteiger partial charge on any atom is -0.404 e. The maximum atomic E-state index is 11.8. The van der Waals surface area contributed by atoms with Gasteiger partial charge in [-0.1, -0.05) is 0 Å². The Morgan fingerprint density at radius 2 is 2.07 bits per heavy atom. The average molecular weight is 209 g/mol. The Kier molecular flexibility index (Phi) is 2.80. The fraction of sp³-hybridized carbons (Fsp3) is 0.286. The zero-order valence-corrected chi connectivity index (χ0v) is 6.76. The summed E-state index contributed by atoms with van der Waals surface area (Å²) in [5.74, 6) is -0.611. The summed E-state index contributed by atoms with van der Waals surface area (Å²) in [6.07, 6.45) is -4.85. The molecule has 0 saturated carbocycles. The van der Waals surface area contributed by atoms with Gasteiger partial charge in [-0.2, -0.15) is 0 Å². The molecule has 0 atom stereocenters. The predicted molar refractivity (Wildman–Crippen MR) is 39.7 cm³/mol. The lowest BCUT2D eigenvalue weighted by Crippen LogP contribution is -2.20.